The molecule has 1 aromatic carbocycles. The SMILES string of the molecule is O=C(c1ccc(C(F)(F)F)cc1)N1CC[C@@H](n2c(-c3ccoc3)nc3cccnc32)C1. The van der Waals surface area contributed by atoms with Gasteiger partial charge in [0.25, 0.3) is 5.91 Å². The summed E-state index contributed by atoms with van der Waals surface area (Å²) in [7, 11) is 0. The van der Waals surface area contributed by atoms with E-state index in [-0.39, 0.29) is 17.5 Å². The van der Waals surface area contributed by atoms with Crippen LogP contribution in [0.5, 0.6) is 0 Å². The minimum absolute atomic E-state index is 0.0665. The van der Waals surface area contributed by atoms with Gasteiger partial charge in [0.05, 0.1) is 23.4 Å². The van der Waals surface area contributed by atoms with E-state index in [1.807, 2.05) is 22.8 Å². The first-order chi connectivity index (χ1) is 14.9. The molecule has 0 radical (unpaired) electrons. The van der Waals surface area contributed by atoms with Gasteiger partial charge < -0.3 is 13.9 Å². The standard InChI is InChI=1S/C22H17F3N4O2/c23-22(24,25)16-5-3-14(4-6-16)21(30)28-10-7-17(12-28)29-19(15-8-11-31-13-15)27-18-2-1-9-26-20(18)29/h1-6,8-9,11,13,17H,7,10,12H2/t17-/m1/s1. The highest BCUT2D eigenvalue weighted by atomic mass is 19.4. The molecule has 158 valence electrons. The average Bonchev–Trinajstić information content (AvgIpc) is 3.51. The van der Waals surface area contributed by atoms with E-state index in [0.29, 0.717) is 31.0 Å². The van der Waals surface area contributed by atoms with Gasteiger partial charge in [-0.3, -0.25) is 4.79 Å². The van der Waals surface area contributed by atoms with Crippen LogP contribution in [0.3, 0.4) is 0 Å². The number of hydrogen-bond donors (Lipinski definition) is 0. The lowest BCUT2D eigenvalue weighted by molar-refractivity contribution is -0.137. The van der Waals surface area contributed by atoms with E-state index < -0.39 is 11.7 Å². The first kappa shape index (κ1) is 19.3. The maximum absolute atomic E-state index is 12.9. The zero-order chi connectivity index (χ0) is 21.6. The normalized spacial score (nSPS) is 16.9. The second-order valence-corrected chi connectivity index (χ2v) is 7.43. The summed E-state index contributed by atoms with van der Waals surface area (Å²) in [5.74, 6) is 0.412. The van der Waals surface area contributed by atoms with E-state index in [9.17, 15) is 18.0 Å². The lowest BCUT2D eigenvalue weighted by atomic mass is 10.1. The van der Waals surface area contributed by atoms with Gasteiger partial charge in [0.2, 0.25) is 0 Å². The fourth-order valence-electron chi connectivity index (χ4n) is 3.99. The van der Waals surface area contributed by atoms with Gasteiger partial charge in [0, 0.05) is 24.8 Å². The van der Waals surface area contributed by atoms with Crippen molar-refractivity contribution in [1.29, 1.82) is 0 Å². The van der Waals surface area contributed by atoms with E-state index >= 15 is 0 Å². The molecule has 6 nitrogen and oxygen atoms in total. The van der Waals surface area contributed by atoms with E-state index in [2.05, 4.69) is 4.98 Å². The minimum Gasteiger partial charge on any atom is -0.472 e. The number of imidazole rings is 1. The summed E-state index contributed by atoms with van der Waals surface area (Å²) < 4.78 is 45.6. The van der Waals surface area contributed by atoms with Crippen molar-refractivity contribution in [2.75, 3.05) is 13.1 Å². The summed E-state index contributed by atoms with van der Waals surface area (Å²) in [6.07, 6.45) is 1.12. The molecule has 1 atom stereocenters. The number of carbonyl (C=O) groups is 1. The number of rotatable bonds is 3. The lowest BCUT2D eigenvalue weighted by Crippen LogP contribution is -2.29. The van der Waals surface area contributed by atoms with Crippen molar-refractivity contribution in [3.05, 3.63) is 72.3 Å². The van der Waals surface area contributed by atoms with Crippen molar-refractivity contribution in [1.82, 2.24) is 19.4 Å². The number of likely N-dealkylation sites (tertiary alicyclic amines) is 1. The van der Waals surface area contributed by atoms with Crippen molar-refractivity contribution in [3.8, 4) is 11.4 Å². The third kappa shape index (κ3) is 3.45. The fourth-order valence-corrected chi connectivity index (χ4v) is 3.99. The summed E-state index contributed by atoms with van der Waals surface area (Å²) in [4.78, 5) is 23.7. The molecule has 1 aliphatic rings. The number of hydrogen-bond acceptors (Lipinski definition) is 4. The first-order valence-electron chi connectivity index (χ1n) is 9.74. The van der Waals surface area contributed by atoms with Crippen molar-refractivity contribution in [2.24, 2.45) is 0 Å². The predicted molar refractivity (Wildman–Crippen MR) is 106 cm³/mol. The van der Waals surface area contributed by atoms with Gasteiger partial charge in [-0.1, -0.05) is 0 Å². The molecular formula is C22H17F3N4O2. The Bertz CT molecular complexity index is 1230. The molecule has 1 aliphatic heterocycles. The Morgan fingerprint density at radius 2 is 1.94 bits per heavy atom. The molecule has 0 saturated carbocycles. The number of benzene rings is 1. The second-order valence-electron chi connectivity index (χ2n) is 7.43. The van der Waals surface area contributed by atoms with Crippen molar-refractivity contribution in [3.63, 3.8) is 0 Å². The Morgan fingerprint density at radius 3 is 2.65 bits per heavy atom. The van der Waals surface area contributed by atoms with Crippen molar-refractivity contribution < 1.29 is 22.4 Å². The van der Waals surface area contributed by atoms with Gasteiger partial charge in [0.15, 0.2) is 5.65 Å². The third-order valence-electron chi connectivity index (χ3n) is 5.50. The smallest absolute Gasteiger partial charge is 0.416 e. The van der Waals surface area contributed by atoms with E-state index in [0.717, 1.165) is 23.2 Å². The zero-order valence-electron chi connectivity index (χ0n) is 16.2. The Morgan fingerprint density at radius 1 is 1.13 bits per heavy atom. The lowest BCUT2D eigenvalue weighted by Gasteiger charge is -2.19. The molecule has 4 heterocycles. The largest absolute Gasteiger partial charge is 0.472 e. The average molecular weight is 426 g/mol. The highest BCUT2D eigenvalue weighted by Crippen LogP contribution is 2.33. The van der Waals surface area contributed by atoms with Gasteiger partial charge in [-0.25, -0.2) is 9.97 Å². The van der Waals surface area contributed by atoms with Crippen LogP contribution in [0.15, 0.2) is 65.6 Å². The monoisotopic (exact) mass is 426 g/mol. The quantitative estimate of drug-likeness (QED) is 0.472. The number of halogens is 3. The van der Waals surface area contributed by atoms with Gasteiger partial charge in [-0.15, -0.1) is 0 Å². The summed E-state index contributed by atoms with van der Waals surface area (Å²) in [6.45, 7) is 0.897. The topological polar surface area (TPSA) is 64.2 Å². The Labute approximate surface area is 174 Å². The summed E-state index contributed by atoms with van der Waals surface area (Å²) in [6, 6.07) is 9.76. The molecule has 0 unspecified atom stereocenters. The molecule has 4 aromatic rings. The minimum atomic E-state index is -4.43. The Balaban J connectivity index is 1.43. The summed E-state index contributed by atoms with van der Waals surface area (Å²) in [5, 5.41) is 0. The van der Waals surface area contributed by atoms with Gasteiger partial charge in [-0.2, -0.15) is 13.2 Å². The molecule has 0 aliphatic carbocycles. The zero-order valence-corrected chi connectivity index (χ0v) is 16.2. The summed E-state index contributed by atoms with van der Waals surface area (Å²) >= 11 is 0. The van der Waals surface area contributed by atoms with Crippen LogP contribution in [0, 0.1) is 0 Å². The number of amides is 1. The van der Waals surface area contributed by atoms with E-state index in [1.54, 1.807) is 23.6 Å². The molecule has 0 N–H and O–H groups in total. The maximum atomic E-state index is 12.9. The molecule has 31 heavy (non-hydrogen) atoms. The highest BCUT2D eigenvalue weighted by Gasteiger charge is 2.33. The summed E-state index contributed by atoms with van der Waals surface area (Å²) in [5.41, 5.74) is 1.73. The number of aromatic nitrogens is 3. The van der Waals surface area contributed by atoms with E-state index in [4.69, 9.17) is 9.40 Å². The van der Waals surface area contributed by atoms with Crippen molar-refractivity contribution >= 4 is 17.1 Å². The number of nitrogens with zero attached hydrogens (tertiary/aromatic N) is 4. The Kier molecular flexibility index (Phi) is 4.53. The second kappa shape index (κ2) is 7.26. The Hall–Kier alpha value is -3.62. The number of alkyl halides is 3. The number of fused-ring (bicyclic) bond motifs is 1. The van der Waals surface area contributed by atoms with Crippen LogP contribution < -0.4 is 0 Å². The van der Waals surface area contributed by atoms with Gasteiger partial charge in [-0.05, 0) is 48.9 Å². The highest BCUT2D eigenvalue weighted by molar-refractivity contribution is 5.94. The fraction of sp³-hybridized carbons (Fsp3) is 0.227. The van der Waals surface area contributed by atoms with Crippen LogP contribution in [-0.4, -0.2) is 38.4 Å². The van der Waals surface area contributed by atoms with Crippen LogP contribution in [-0.2, 0) is 6.18 Å². The molecule has 0 spiro atoms. The van der Waals surface area contributed by atoms with Crippen LogP contribution in [0.2, 0.25) is 0 Å². The molecule has 1 fully saturated rings. The third-order valence-corrected chi connectivity index (χ3v) is 5.50. The van der Waals surface area contributed by atoms with Crippen LogP contribution >= 0.6 is 0 Å². The molecular weight excluding hydrogens is 409 g/mol. The molecule has 3 aromatic heterocycles. The number of furan rings is 1. The van der Waals surface area contributed by atoms with Crippen molar-refractivity contribution in [2.45, 2.75) is 18.6 Å². The molecule has 0 bridgehead atoms. The van der Waals surface area contributed by atoms with Gasteiger partial charge >= 0.3 is 6.18 Å². The van der Waals surface area contributed by atoms with Crippen LogP contribution in [0.4, 0.5) is 13.2 Å². The van der Waals surface area contributed by atoms with Gasteiger partial charge in [0.1, 0.15) is 17.6 Å². The molecule has 9 heteroatoms. The van der Waals surface area contributed by atoms with E-state index in [1.165, 1.54) is 12.1 Å². The number of pyridine rings is 1. The van der Waals surface area contributed by atoms with Crippen LogP contribution in [0.25, 0.3) is 22.6 Å². The maximum Gasteiger partial charge on any atom is 0.416 e. The van der Waals surface area contributed by atoms with Crippen LogP contribution in [0.1, 0.15) is 28.4 Å². The first-order valence-corrected chi connectivity index (χ1v) is 9.74. The molecule has 5 rings (SSSR count). The predicted octanol–water partition coefficient (Wildman–Crippen LogP) is 4.80. The molecule has 1 amide bonds. The molecule has 1 saturated heterocycles. The number of carbonyl (C=O) groups excluding carboxylic acids is 1.